The first-order valence-electron chi connectivity index (χ1n) is 8.74. The molecule has 0 unspecified atom stereocenters. The molecule has 4 atom stereocenters. The van der Waals surface area contributed by atoms with Gasteiger partial charge >= 0.3 is 5.97 Å². The third kappa shape index (κ3) is 4.42. The largest absolute Gasteiger partial charge is 0.453 e. The van der Waals surface area contributed by atoms with Gasteiger partial charge in [-0.3, -0.25) is 0 Å². The third-order valence-electron chi connectivity index (χ3n) is 4.40. The highest BCUT2D eigenvalue weighted by Crippen LogP contribution is 2.31. The van der Waals surface area contributed by atoms with Crippen molar-refractivity contribution in [3.05, 3.63) is 35.9 Å². The summed E-state index contributed by atoms with van der Waals surface area (Å²) in [5.74, 6) is -2.15. The second kappa shape index (κ2) is 7.25. The third-order valence-corrected chi connectivity index (χ3v) is 4.40. The summed E-state index contributed by atoms with van der Waals surface area (Å²) in [5.41, 5.74) is 0.395. The van der Waals surface area contributed by atoms with Gasteiger partial charge in [0.15, 0.2) is 17.7 Å². The van der Waals surface area contributed by atoms with Crippen LogP contribution < -0.4 is 0 Å². The molecule has 1 N–H and O–H groups in total. The van der Waals surface area contributed by atoms with Crippen LogP contribution in [0.1, 0.15) is 38.1 Å². The summed E-state index contributed by atoms with van der Waals surface area (Å²) in [7, 11) is 0. The number of ether oxygens (including phenoxy) is 5. The van der Waals surface area contributed by atoms with Crippen molar-refractivity contribution in [2.45, 2.75) is 63.7 Å². The van der Waals surface area contributed by atoms with E-state index in [0.29, 0.717) is 5.56 Å². The average molecular weight is 366 g/mol. The van der Waals surface area contributed by atoms with E-state index in [0.717, 1.165) is 0 Å². The normalized spacial score (nSPS) is 29.3. The minimum Gasteiger partial charge on any atom is -0.453 e. The molecule has 1 aromatic rings. The molecule has 2 aliphatic heterocycles. The number of esters is 1. The van der Waals surface area contributed by atoms with Gasteiger partial charge < -0.3 is 28.8 Å². The highest BCUT2D eigenvalue weighted by molar-refractivity contribution is 5.89. The molecule has 0 saturated carbocycles. The fraction of sp³-hybridized carbons (Fsp3) is 0.632. The number of benzene rings is 1. The van der Waals surface area contributed by atoms with Crippen molar-refractivity contribution in [2.75, 3.05) is 13.2 Å². The van der Waals surface area contributed by atoms with E-state index >= 15 is 0 Å². The smallest absolute Gasteiger partial charge is 0.338 e. The van der Waals surface area contributed by atoms with E-state index < -0.39 is 42.0 Å². The Balaban J connectivity index is 1.77. The Morgan fingerprint density at radius 3 is 2.08 bits per heavy atom. The average Bonchev–Trinajstić information content (AvgIpc) is 3.14. The molecule has 26 heavy (non-hydrogen) atoms. The summed E-state index contributed by atoms with van der Waals surface area (Å²) in [6.45, 7) is 7.48. The standard InChI is InChI=1S/C19H26O7/c1-18(2)22-10-13(25-18)15(20)16(14-11-23-19(3,4)26-14)24-17(21)12-8-6-5-7-9-12/h5-9,13-16,20H,10-11H2,1-4H3/t13-,14+,15+,16-/m1/s1. The van der Waals surface area contributed by atoms with Gasteiger partial charge in [-0.1, -0.05) is 18.2 Å². The van der Waals surface area contributed by atoms with E-state index in [4.69, 9.17) is 23.7 Å². The lowest BCUT2D eigenvalue weighted by Crippen LogP contribution is -2.49. The number of carbonyl (C=O) groups excluding carboxylic acids is 1. The number of rotatable bonds is 5. The molecule has 0 aliphatic carbocycles. The molecule has 0 bridgehead atoms. The van der Waals surface area contributed by atoms with Crippen LogP contribution in [0.5, 0.6) is 0 Å². The molecule has 0 aromatic heterocycles. The Labute approximate surface area is 153 Å². The van der Waals surface area contributed by atoms with Crippen LogP contribution in [-0.2, 0) is 23.7 Å². The summed E-state index contributed by atoms with van der Waals surface area (Å²) in [6, 6.07) is 8.61. The molecule has 2 fully saturated rings. The SMILES string of the molecule is CC1(C)OC[C@@H]([C@@H](OC(=O)c2ccccc2)[C@@H](O)[C@H]2COC(C)(C)O2)O1. The van der Waals surface area contributed by atoms with Gasteiger partial charge in [0, 0.05) is 0 Å². The fourth-order valence-electron chi connectivity index (χ4n) is 3.10. The molecule has 0 amide bonds. The van der Waals surface area contributed by atoms with E-state index in [-0.39, 0.29) is 13.2 Å². The van der Waals surface area contributed by atoms with Crippen molar-refractivity contribution in [1.82, 2.24) is 0 Å². The molecule has 3 rings (SSSR count). The summed E-state index contributed by atoms with van der Waals surface area (Å²) < 4.78 is 28.3. The second-order valence-corrected chi connectivity index (χ2v) is 7.46. The highest BCUT2D eigenvalue weighted by atomic mass is 16.8. The van der Waals surface area contributed by atoms with Gasteiger partial charge in [-0.2, -0.15) is 0 Å². The van der Waals surface area contributed by atoms with Gasteiger partial charge in [-0.25, -0.2) is 4.79 Å². The Morgan fingerprint density at radius 2 is 1.58 bits per heavy atom. The summed E-state index contributed by atoms with van der Waals surface area (Å²) in [4.78, 5) is 12.5. The minimum atomic E-state index is -1.12. The number of hydrogen-bond acceptors (Lipinski definition) is 7. The van der Waals surface area contributed by atoms with E-state index in [1.807, 2.05) is 6.07 Å². The van der Waals surface area contributed by atoms with Crippen LogP contribution in [0.4, 0.5) is 0 Å². The van der Waals surface area contributed by atoms with Gasteiger partial charge in [0.2, 0.25) is 0 Å². The molecule has 144 valence electrons. The number of hydrogen-bond donors (Lipinski definition) is 1. The highest BCUT2D eigenvalue weighted by Gasteiger charge is 2.48. The first kappa shape index (κ1) is 19.3. The maximum Gasteiger partial charge on any atom is 0.338 e. The monoisotopic (exact) mass is 366 g/mol. The summed E-state index contributed by atoms with van der Waals surface area (Å²) in [5, 5.41) is 10.8. The Morgan fingerprint density at radius 1 is 1.04 bits per heavy atom. The molecular formula is C19H26O7. The van der Waals surface area contributed by atoms with Gasteiger partial charge in [0.1, 0.15) is 18.3 Å². The first-order chi connectivity index (χ1) is 12.2. The Kier molecular flexibility index (Phi) is 5.37. The van der Waals surface area contributed by atoms with Crippen molar-refractivity contribution in [3.63, 3.8) is 0 Å². The summed E-state index contributed by atoms with van der Waals surface area (Å²) in [6.07, 6.45) is -3.32. The molecule has 7 heteroatoms. The Hall–Kier alpha value is -1.51. The van der Waals surface area contributed by atoms with Crippen LogP contribution in [0.2, 0.25) is 0 Å². The fourth-order valence-corrected chi connectivity index (χ4v) is 3.10. The number of carbonyl (C=O) groups is 1. The maximum absolute atomic E-state index is 12.5. The molecular weight excluding hydrogens is 340 g/mol. The lowest BCUT2D eigenvalue weighted by Gasteiger charge is -2.31. The van der Waals surface area contributed by atoms with Crippen LogP contribution in [0.3, 0.4) is 0 Å². The number of aliphatic hydroxyl groups excluding tert-OH is 1. The topological polar surface area (TPSA) is 83.5 Å². The van der Waals surface area contributed by atoms with Crippen LogP contribution in [0.25, 0.3) is 0 Å². The second-order valence-electron chi connectivity index (χ2n) is 7.46. The van der Waals surface area contributed by atoms with Crippen LogP contribution in [0, 0.1) is 0 Å². The first-order valence-corrected chi connectivity index (χ1v) is 8.74. The van der Waals surface area contributed by atoms with Crippen molar-refractivity contribution in [3.8, 4) is 0 Å². The van der Waals surface area contributed by atoms with E-state index in [1.165, 1.54) is 0 Å². The molecule has 2 saturated heterocycles. The zero-order chi connectivity index (χ0) is 18.9. The van der Waals surface area contributed by atoms with Crippen LogP contribution >= 0.6 is 0 Å². The predicted molar refractivity (Wildman–Crippen MR) is 91.5 cm³/mol. The molecule has 2 aliphatic rings. The van der Waals surface area contributed by atoms with E-state index in [1.54, 1.807) is 52.0 Å². The van der Waals surface area contributed by atoms with Gasteiger partial charge in [0.25, 0.3) is 0 Å². The molecule has 2 heterocycles. The van der Waals surface area contributed by atoms with Crippen LogP contribution in [0.15, 0.2) is 30.3 Å². The Bertz CT molecular complexity index is 628. The number of aliphatic hydroxyl groups is 1. The molecule has 0 spiro atoms. The van der Waals surface area contributed by atoms with Crippen molar-refractivity contribution >= 4 is 5.97 Å². The summed E-state index contributed by atoms with van der Waals surface area (Å²) >= 11 is 0. The molecule has 0 radical (unpaired) electrons. The van der Waals surface area contributed by atoms with Gasteiger partial charge in [-0.05, 0) is 39.8 Å². The molecule has 1 aromatic carbocycles. The minimum absolute atomic E-state index is 0.199. The lowest BCUT2D eigenvalue weighted by molar-refractivity contribution is -0.184. The maximum atomic E-state index is 12.5. The van der Waals surface area contributed by atoms with Gasteiger partial charge in [0.05, 0.1) is 18.8 Å². The lowest BCUT2D eigenvalue weighted by atomic mass is 10.0. The van der Waals surface area contributed by atoms with Crippen molar-refractivity contribution < 1.29 is 33.6 Å². The van der Waals surface area contributed by atoms with E-state index in [2.05, 4.69) is 0 Å². The van der Waals surface area contributed by atoms with Crippen LogP contribution in [-0.4, -0.2) is 60.3 Å². The van der Waals surface area contributed by atoms with Crippen molar-refractivity contribution in [1.29, 1.82) is 0 Å². The van der Waals surface area contributed by atoms with Gasteiger partial charge in [-0.15, -0.1) is 0 Å². The zero-order valence-electron chi connectivity index (χ0n) is 15.5. The van der Waals surface area contributed by atoms with Crippen molar-refractivity contribution in [2.24, 2.45) is 0 Å². The molecule has 7 nitrogen and oxygen atoms in total. The predicted octanol–water partition coefficient (Wildman–Crippen LogP) is 1.88. The quantitative estimate of drug-likeness (QED) is 0.797. The van der Waals surface area contributed by atoms with E-state index in [9.17, 15) is 9.90 Å². The zero-order valence-corrected chi connectivity index (χ0v) is 15.5.